The molecule has 0 bridgehead atoms. The van der Waals surface area contributed by atoms with Crippen molar-refractivity contribution in [2.75, 3.05) is 6.54 Å². The molecule has 114 valence electrons. The Morgan fingerprint density at radius 3 is 2.43 bits per heavy atom. The van der Waals surface area contributed by atoms with Crippen molar-refractivity contribution in [3.05, 3.63) is 35.6 Å². The number of aliphatic carboxylic acids is 1. The minimum atomic E-state index is -1.03. The maximum Gasteiger partial charge on any atom is 0.308 e. The Labute approximate surface area is 121 Å². The summed E-state index contributed by atoms with van der Waals surface area (Å²) in [4.78, 5) is 34.0. The highest BCUT2D eigenvalue weighted by Gasteiger charge is 2.21. The third kappa shape index (κ3) is 4.87. The molecule has 2 unspecified atom stereocenters. The molecule has 2 atom stereocenters. The summed E-state index contributed by atoms with van der Waals surface area (Å²) in [7, 11) is 0. The average Bonchev–Trinajstić information content (AvgIpc) is 2.44. The van der Waals surface area contributed by atoms with E-state index < -0.39 is 35.6 Å². The summed E-state index contributed by atoms with van der Waals surface area (Å²) in [6.07, 6.45) is 0. The van der Waals surface area contributed by atoms with Gasteiger partial charge in [-0.15, -0.1) is 0 Å². The first-order valence-electron chi connectivity index (χ1n) is 6.37. The molecule has 0 saturated carbocycles. The Kier molecular flexibility index (Phi) is 5.83. The number of hydrogen-bond acceptors (Lipinski definition) is 3. The molecule has 21 heavy (non-hydrogen) atoms. The SMILES string of the molecule is CC(NC(=O)CNC(=O)c1ccccc1F)C(C)C(=O)O. The number of rotatable bonds is 6. The van der Waals surface area contributed by atoms with Crippen molar-refractivity contribution in [1.82, 2.24) is 10.6 Å². The van der Waals surface area contributed by atoms with Gasteiger partial charge in [0.25, 0.3) is 5.91 Å². The summed E-state index contributed by atoms with van der Waals surface area (Å²) < 4.78 is 13.3. The molecule has 0 aromatic heterocycles. The fraction of sp³-hybridized carbons (Fsp3) is 0.357. The molecule has 6 nitrogen and oxygen atoms in total. The average molecular weight is 296 g/mol. The first kappa shape index (κ1) is 16.6. The van der Waals surface area contributed by atoms with Crippen molar-refractivity contribution in [2.24, 2.45) is 5.92 Å². The second kappa shape index (κ2) is 7.37. The highest BCUT2D eigenvalue weighted by molar-refractivity contribution is 5.96. The third-order valence-electron chi connectivity index (χ3n) is 3.06. The zero-order valence-electron chi connectivity index (χ0n) is 11.7. The van der Waals surface area contributed by atoms with Gasteiger partial charge in [0.05, 0.1) is 18.0 Å². The standard InChI is InChI=1S/C14H17FN2O4/c1-8(14(20)21)9(2)17-12(18)7-16-13(19)10-5-3-4-6-11(10)15/h3-6,8-9H,7H2,1-2H3,(H,16,19)(H,17,18)(H,20,21). The Morgan fingerprint density at radius 2 is 1.86 bits per heavy atom. The molecule has 2 amide bonds. The molecule has 3 N–H and O–H groups in total. The molecule has 0 aliphatic heterocycles. The van der Waals surface area contributed by atoms with Crippen LogP contribution in [0.3, 0.4) is 0 Å². The van der Waals surface area contributed by atoms with Crippen LogP contribution in [-0.4, -0.2) is 35.5 Å². The van der Waals surface area contributed by atoms with E-state index >= 15 is 0 Å². The Morgan fingerprint density at radius 1 is 1.24 bits per heavy atom. The lowest BCUT2D eigenvalue weighted by molar-refractivity contribution is -0.142. The largest absolute Gasteiger partial charge is 0.481 e. The monoisotopic (exact) mass is 296 g/mol. The van der Waals surface area contributed by atoms with Gasteiger partial charge in [0.15, 0.2) is 0 Å². The topological polar surface area (TPSA) is 95.5 Å². The highest BCUT2D eigenvalue weighted by Crippen LogP contribution is 2.05. The number of carboxylic acids is 1. The van der Waals surface area contributed by atoms with Crippen LogP contribution in [0.25, 0.3) is 0 Å². The van der Waals surface area contributed by atoms with E-state index in [0.717, 1.165) is 6.07 Å². The molecular formula is C14H17FN2O4. The van der Waals surface area contributed by atoms with Crippen LogP contribution in [0.1, 0.15) is 24.2 Å². The van der Waals surface area contributed by atoms with E-state index in [1.807, 2.05) is 0 Å². The van der Waals surface area contributed by atoms with Gasteiger partial charge in [0.2, 0.25) is 5.91 Å². The second-order valence-electron chi connectivity index (χ2n) is 4.65. The zero-order valence-corrected chi connectivity index (χ0v) is 11.7. The van der Waals surface area contributed by atoms with Gasteiger partial charge < -0.3 is 15.7 Å². The molecule has 7 heteroatoms. The predicted octanol–water partition coefficient (Wildman–Crippen LogP) is 0.781. The molecule has 0 saturated heterocycles. The van der Waals surface area contributed by atoms with Crippen molar-refractivity contribution in [1.29, 1.82) is 0 Å². The molecule has 1 aromatic rings. The summed E-state index contributed by atoms with van der Waals surface area (Å²) in [5, 5.41) is 13.5. The summed E-state index contributed by atoms with van der Waals surface area (Å²) in [6, 6.07) is 4.83. The molecule has 1 aromatic carbocycles. The number of benzene rings is 1. The summed E-state index contributed by atoms with van der Waals surface area (Å²) >= 11 is 0. The Bertz CT molecular complexity index is 548. The molecule has 0 fully saturated rings. The van der Waals surface area contributed by atoms with Crippen LogP contribution in [0.5, 0.6) is 0 Å². The lowest BCUT2D eigenvalue weighted by Gasteiger charge is -2.17. The maximum absolute atomic E-state index is 13.3. The fourth-order valence-corrected chi connectivity index (χ4v) is 1.54. The van der Waals surface area contributed by atoms with Crippen LogP contribution in [-0.2, 0) is 9.59 Å². The highest BCUT2D eigenvalue weighted by atomic mass is 19.1. The lowest BCUT2D eigenvalue weighted by atomic mass is 10.0. The summed E-state index contributed by atoms with van der Waals surface area (Å²) in [5.41, 5.74) is -0.155. The van der Waals surface area contributed by atoms with Crippen LogP contribution in [0.4, 0.5) is 4.39 Å². The molecule has 1 rings (SSSR count). The van der Waals surface area contributed by atoms with E-state index in [0.29, 0.717) is 0 Å². The van der Waals surface area contributed by atoms with Gasteiger partial charge in [0, 0.05) is 6.04 Å². The van der Waals surface area contributed by atoms with Crippen LogP contribution in [0.15, 0.2) is 24.3 Å². The molecular weight excluding hydrogens is 279 g/mol. The van der Waals surface area contributed by atoms with E-state index in [9.17, 15) is 18.8 Å². The third-order valence-corrected chi connectivity index (χ3v) is 3.06. The normalized spacial score (nSPS) is 13.1. The van der Waals surface area contributed by atoms with Crippen molar-refractivity contribution < 1.29 is 23.9 Å². The van der Waals surface area contributed by atoms with E-state index in [1.54, 1.807) is 6.92 Å². The molecule has 0 heterocycles. The predicted molar refractivity (Wildman–Crippen MR) is 73.1 cm³/mol. The van der Waals surface area contributed by atoms with Gasteiger partial charge in [-0.05, 0) is 26.0 Å². The van der Waals surface area contributed by atoms with Crippen LogP contribution >= 0.6 is 0 Å². The second-order valence-corrected chi connectivity index (χ2v) is 4.65. The van der Waals surface area contributed by atoms with Crippen LogP contribution in [0, 0.1) is 11.7 Å². The van der Waals surface area contributed by atoms with Crippen LogP contribution in [0.2, 0.25) is 0 Å². The number of carbonyl (C=O) groups is 3. The minimum absolute atomic E-state index is 0.155. The minimum Gasteiger partial charge on any atom is -0.481 e. The van der Waals surface area contributed by atoms with Gasteiger partial charge in [-0.1, -0.05) is 12.1 Å². The van der Waals surface area contributed by atoms with E-state index in [-0.39, 0.29) is 12.1 Å². The fourth-order valence-electron chi connectivity index (χ4n) is 1.54. The van der Waals surface area contributed by atoms with Gasteiger partial charge in [-0.2, -0.15) is 0 Å². The molecule has 0 radical (unpaired) electrons. The van der Waals surface area contributed by atoms with Gasteiger partial charge >= 0.3 is 5.97 Å². The Hall–Kier alpha value is -2.44. The number of carbonyl (C=O) groups excluding carboxylic acids is 2. The van der Waals surface area contributed by atoms with E-state index in [1.165, 1.54) is 25.1 Å². The van der Waals surface area contributed by atoms with E-state index in [4.69, 9.17) is 5.11 Å². The molecule has 0 aliphatic carbocycles. The van der Waals surface area contributed by atoms with Gasteiger partial charge in [-0.25, -0.2) is 4.39 Å². The summed E-state index contributed by atoms with van der Waals surface area (Å²) in [5.74, 6) is -3.71. The number of halogens is 1. The van der Waals surface area contributed by atoms with Crippen molar-refractivity contribution in [3.63, 3.8) is 0 Å². The van der Waals surface area contributed by atoms with Gasteiger partial charge in [0.1, 0.15) is 5.82 Å². The van der Waals surface area contributed by atoms with Crippen molar-refractivity contribution >= 4 is 17.8 Å². The smallest absolute Gasteiger partial charge is 0.308 e. The zero-order chi connectivity index (χ0) is 16.0. The molecule has 0 spiro atoms. The van der Waals surface area contributed by atoms with Crippen LogP contribution < -0.4 is 10.6 Å². The number of hydrogen-bond donors (Lipinski definition) is 3. The van der Waals surface area contributed by atoms with Gasteiger partial charge in [-0.3, -0.25) is 14.4 Å². The first-order valence-corrected chi connectivity index (χ1v) is 6.37. The van der Waals surface area contributed by atoms with E-state index in [2.05, 4.69) is 10.6 Å². The summed E-state index contributed by atoms with van der Waals surface area (Å²) in [6.45, 7) is 2.66. The Balaban J connectivity index is 2.48. The maximum atomic E-state index is 13.3. The number of nitrogens with one attached hydrogen (secondary N) is 2. The van der Waals surface area contributed by atoms with Crippen molar-refractivity contribution in [2.45, 2.75) is 19.9 Å². The quantitative estimate of drug-likeness (QED) is 0.723. The van der Waals surface area contributed by atoms with Crippen molar-refractivity contribution in [3.8, 4) is 0 Å². The molecule has 0 aliphatic rings. The lowest BCUT2D eigenvalue weighted by Crippen LogP contribution is -2.44. The number of amides is 2. The first-order chi connectivity index (χ1) is 9.82. The number of carboxylic acid groups (broad SMARTS) is 1.